The van der Waals surface area contributed by atoms with Crippen LogP contribution >= 0.6 is 0 Å². The van der Waals surface area contributed by atoms with Crippen LogP contribution in [0.25, 0.3) is 32.8 Å². The average Bonchev–Trinajstić information content (AvgIpc) is 3.10. The van der Waals surface area contributed by atoms with Crippen LogP contribution in [0.15, 0.2) is 54.6 Å². The number of methoxy groups -OCH3 is 1. The summed E-state index contributed by atoms with van der Waals surface area (Å²) in [6.07, 6.45) is -0.542. The molecule has 5 nitrogen and oxygen atoms in total. The molecule has 1 heterocycles. The van der Waals surface area contributed by atoms with E-state index < -0.39 is 6.09 Å². The molecule has 4 aromatic rings. The molecule has 154 valence electrons. The molecule has 4 rings (SSSR count). The van der Waals surface area contributed by atoms with Gasteiger partial charge in [-0.15, -0.1) is 0 Å². The molecule has 0 bridgehead atoms. The van der Waals surface area contributed by atoms with Gasteiger partial charge in [0.15, 0.2) is 0 Å². The lowest BCUT2D eigenvalue weighted by atomic mass is 9.84. The highest BCUT2D eigenvalue weighted by Crippen LogP contribution is 2.44. The number of aromatic amines is 1. The fraction of sp³-hybridized carbons (Fsp3) is 0.240. The molecular formula is C25H27N3O2. The predicted molar refractivity (Wildman–Crippen MR) is 124 cm³/mol. The third-order valence-corrected chi connectivity index (χ3v) is 5.37. The van der Waals surface area contributed by atoms with E-state index in [9.17, 15) is 4.79 Å². The van der Waals surface area contributed by atoms with Gasteiger partial charge < -0.3 is 9.72 Å². The zero-order chi connectivity index (χ0) is 21.5. The zero-order valence-electron chi connectivity index (χ0n) is 18.0. The molecule has 30 heavy (non-hydrogen) atoms. The van der Waals surface area contributed by atoms with Crippen molar-refractivity contribution in [1.29, 1.82) is 0 Å². The molecule has 1 amide bonds. The van der Waals surface area contributed by atoms with Gasteiger partial charge in [-0.3, -0.25) is 5.43 Å². The molecule has 3 N–H and O–H groups in total. The van der Waals surface area contributed by atoms with E-state index in [0.717, 1.165) is 44.2 Å². The number of amides is 1. The van der Waals surface area contributed by atoms with Crippen molar-refractivity contribution in [2.45, 2.75) is 33.1 Å². The van der Waals surface area contributed by atoms with E-state index >= 15 is 0 Å². The second kappa shape index (κ2) is 7.41. The van der Waals surface area contributed by atoms with Crippen LogP contribution in [0.5, 0.6) is 0 Å². The number of hydrogen-bond acceptors (Lipinski definition) is 3. The standard InChI is InChI=1S/C25H27N3O2/c1-15-10-12-19-18(14-15)22(23(26-19)25(2,3)4)21-17-9-7-6-8-16(17)11-13-20(21)27-28-24(29)30-5/h6-14,26-27H,1-5H3,(H,28,29). The molecule has 0 aliphatic rings. The summed E-state index contributed by atoms with van der Waals surface area (Å²) in [5, 5.41) is 3.41. The Bertz CT molecular complexity index is 1250. The molecule has 0 radical (unpaired) electrons. The first kappa shape index (κ1) is 19.8. The fourth-order valence-electron chi connectivity index (χ4n) is 3.94. The van der Waals surface area contributed by atoms with Crippen LogP contribution in [0.2, 0.25) is 0 Å². The second-order valence-electron chi connectivity index (χ2n) is 8.62. The van der Waals surface area contributed by atoms with E-state index in [1.165, 1.54) is 12.7 Å². The van der Waals surface area contributed by atoms with E-state index in [1.54, 1.807) is 0 Å². The van der Waals surface area contributed by atoms with E-state index in [2.05, 4.69) is 79.9 Å². The number of ether oxygens (including phenoxy) is 1. The smallest absolute Gasteiger partial charge is 0.425 e. The Kier molecular flexibility index (Phi) is 4.90. The molecule has 1 aromatic heterocycles. The van der Waals surface area contributed by atoms with Crippen molar-refractivity contribution >= 4 is 33.5 Å². The molecule has 0 spiro atoms. The molecule has 0 saturated heterocycles. The average molecular weight is 402 g/mol. The third-order valence-electron chi connectivity index (χ3n) is 5.37. The number of nitrogens with one attached hydrogen (secondary N) is 3. The highest BCUT2D eigenvalue weighted by molar-refractivity contribution is 6.11. The highest BCUT2D eigenvalue weighted by Gasteiger charge is 2.26. The summed E-state index contributed by atoms with van der Waals surface area (Å²) < 4.78 is 4.74. The first-order valence-electron chi connectivity index (χ1n) is 10.0. The minimum absolute atomic E-state index is 0.105. The minimum Gasteiger partial charge on any atom is -0.452 e. The van der Waals surface area contributed by atoms with Gasteiger partial charge in [-0.25, -0.2) is 10.2 Å². The van der Waals surface area contributed by atoms with Crippen molar-refractivity contribution in [2.24, 2.45) is 0 Å². The number of hydrogen-bond donors (Lipinski definition) is 3. The van der Waals surface area contributed by atoms with Crippen molar-refractivity contribution in [2.75, 3.05) is 12.5 Å². The molecule has 0 unspecified atom stereocenters. The molecule has 0 aliphatic carbocycles. The Morgan fingerprint density at radius 1 is 0.967 bits per heavy atom. The third kappa shape index (κ3) is 3.47. The van der Waals surface area contributed by atoms with Crippen LogP contribution in [0.1, 0.15) is 32.0 Å². The van der Waals surface area contributed by atoms with Gasteiger partial charge in [-0.2, -0.15) is 0 Å². The first-order valence-corrected chi connectivity index (χ1v) is 10.0. The molecule has 0 atom stereocenters. The Morgan fingerprint density at radius 2 is 1.73 bits per heavy atom. The Morgan fingerprint density at radius 3 is 2.47 bits per heavy atom. The van der Waals surface area contributed by atoms with Crippen molar-refractivity contribution < 1.29 is 9.53 Å². The summed E-state index contributed by atoms with van der Waals surface area (Å²) in [5.74, 6) is 0. The van der Waals surface area contributed by atoms with Crippen LogP contribution in [0.3, 0.4) is 0 Å². The van der Waals surface area contributed by atoms with E-state index in [1.807, 2.05) is 18.2 Å². The van der Waals surface area contributed by atoms with Crippen molar-refractivity contribution in [3.05, 3.63) is 65.9 Å². The zero-order valence-corrected chi connectivity index (χ0v) is 18.0. The SMILES string of the molecule is COC(=O)NNc1ccc2ccccc2c1-c1c(C(C)(C)C)[nH]c2ccc(C)cc12. The van der Waals surface area contributed by atoms with Gasteiger partial charge in [0, 0.05) is 33.1 Å². The maximum Gasteiger partial charge on any atom is 0.425 e. The number of aromatic nitrogens is 1. The number of hydrazine groups is 1. The molecule has 0 fully saturated rings. The monoisotopic (exact) mass is 401 g/mol. The molecule has 5 heteroatoms. The number of benzene rings is 3. The lowest BCUT2D eigenvalue weighted by Gasteiger charge is -2.22. The number of fused-ring (bicyclic) bond motifs is 2. The maximum absolute atomic E-state index is 11.7. The van der Waals surface area contributed by atoms with Crippen LogP contribution in [-0.2, 0) is 10.2 Å². The number of rotatable bonds is 3. The van der Waals surface area contributed by atoms with E-state index in [0.29, 0.717) is 0 Å². The lowest BCUT2D eigenvalue weighted by Crippen LogP contribution is -2.29. The van der Waals surface area contributed by atoms with Gasteiger partial charge in [-0.1, -0.05) is 62.7 Å². The summed E-state index contributed by atoms with van der Waals surface area (Å²) in [4.78, 5) is 15.4. The van der Waals surface area contributed by atoms with Gasteiger partial charge in [-0.05, 0) is 35.9 Å². The van der Waals surface area contributed by atoms with Gasteiger partial charge >= 0.3 is 6.09 Å². The Hall–Kier alpha value is -3.47. The quantitative estimate of drug-likeness (QED) is 0.354. The lowest BCUT2D eigenvalue weighted by molar-refractivity contribution is 0.173. The molecule has 0 aliphatic heterocycles. The number of aryl methyl sites for hydroxylation is 1. The molecule has 0 saturated carbocycles. The second-order valence-corrected chi connectivity index (χ2v) is 8.62. The molecule has 3 aromatic carbocycles. The number of carbonyl (C=O) groups is 1. The summed E-state index contributed by atoms with van der Waals surface area (Å²) in [6.45, 7) is 8.73. The highest BCUT2D eigenvalue weighted by atomic mass is 16.5. The van der Waals surface area contributed by atoms with Crippen LogP contribution in [0.4, 0.5) is 10.5 Å². The predicted octanol–water partition coefficient (Wildman–Crippen LogP) is 6.28. The summed E-state index contributed by atoms with van der Waals surface area (Å²) in [5.41, 5.74) is 12.0. The van der Waals surface area contributed by atoms with Crippen LogP contribution in [0, 0.1) is 6.92 Å². The Balaban J connectivity index is 2.08. The maximum atomic E-state index is 11.7. The number of carbonyl (C=O) groups excluding carboxylic acids is 1. The largest absolute Gasteiger partial charge is 0.452 e. The van der Waals surface area contributed by atoms with Crippen molar-refractivity contribution in [1.82, 2.24) is 10.4 Å². The van der Waals surface area contributed by atoms with Crippen LogP contribution in [-0.4, -0.2) is 18.2 Å². The normalized spacial score (nSPS) is 11.6. The van der Waals surface area contributed by atoms with Crippen molar-refractivity contribution in [3.63, 3.8) is 0 Å². The van der Waals surface area contributed by atoms with Crippen LogP contribution < -0.4 is 10.9 Å². The number of H-pyrrole nitrogens is 1. The Labute approximate surface area is 176 Å². The summed E-state index contributed by atoms with van der Waals surface area (Å²) in [6, 6.07) is 18.8. The molecular weight excluding hydrogens is 374 g/mol. The van der Waals surface area contributed by atoms with Gasteiger partial charge in [0.2, 0.25) is 0 Å². The summed E-state index contributed by atoms with van der Waals surface area (Å²) >= 11 is 0. The van der Waals surface area contributed by atoms with Gasteiger partial charge in [0.25, 0.3) is 0 Å². The van der Waals surface area contributed by atoms with E-state index in [4.69, 9.17) is 4.74 Å². The first-order chi connectivity index (χ1) is 14.3. The topological polar surface area (TPSA) is 66.2 Å². The number of anilines is 1. The van der Waals surface area contributed by atoms with E-state index in [-0.39, 0.29) is 5.41 Å². The summed E-state index contributed by atoms with van der Waals surface area (Å²) in [7, 11) is 1.35. The van der Waals surface area contributed by atoms with Gasteiger partial charge in [0.1, 0.15) is 0 Å². The minimum atomic E-state index is -0.542. The van der Waals surface area contributed by atoms with Crippen molar-refractivity contribution in [3.8, 4) is 11.1 Å². The van der Waals surface area contributed by atoms with Gasteiger partial charge in [0.05, 0.1) is 12.8 Å². The fourth-order valence-corrected chi connectivity index (χ4v) is 3.94.